The van der Waals surface area contributed by atoms with Crippen molar-refractivity contribution < 1.29 is 22.3 Å². The number of para-hydroxylation sites is 1. The number of aromatic nitrogens is 1. The van der Waals surface area contributed by atoms with Gasteiger partial charge >= 0.3 is 6.18 Å². The van der Waals surface area contributed by atoms with Crippen LogP contribution in [0.15, 0.2) is 36.5 Å². The van der Waals surface area contributed by atoms with Gasteiger partial charge in [-0.3, -0.25) is 4.98 Å². The van der Waals surface area contributed by atoms with Gasteiger partial charge in [-0.25, -0.2) is 4.39 Å². The lowest BCUT2D eigenvalue weighted by Crippen LogP contribution is -2.07. The Hall–Kier alpha value is -2.15. The van der Waals surface area contributed by atoms with Gasteiger partial charge < -0.3 is 10.5 Å². The van der Waals surface area contributed by atoms with Crippen LogP contribution in [0.4, 0.5) is 17.6 Å². The molecule has 0 atom stereocenters. The van der Waals surface area contributed by atoms with Crippen LogP contribution in [0.25, 0.3) is 0 Å². The number of hydrogen-bond acceptors (Lipinski definition) is 3. The van der Waals surface area contributed by atoms with Crippen LogP contribution in [0.3, 0.4) is 0 Å². The Labute approximate surface area is 112 Å². The molecule has 0 fully saturated rings. The van der Waals surface area contributed by atoms with Gasteiger partial charge in [0, 0.05) is 12.6 Å². The predicted molar refractivity (Wildman–Crippen MR) is 63.6 cm³/mol. The molecular weight excluding hydrogens is 276 g/mol. The van der Waals surface area contributed by atoms with Crippen molar-refractivity contribution in [3.05, 3.63) is 53.6 Å². The molecule has 0 aliphatic carbocycles. The summed E-state index contributed by atoms with van der Waals surface area (Å²) in [5.41, 5.74) is 4.32. The molecule has 0 saturated heterocycles. The Morgan fingerprint density at radius 1 is 1.20 bits per heavy atom. The summed E-state index contributed by atoms with van der Waals surface area (Å²) in [4.78, 5) is 3.68. The van der Waals surface area contributed by atoms with Crippen molar-refractivity contribution in [2.24, 2.45) is 5.73 Å². The fourth-order valence-corrected chi connectivity index (χ4v) is 1.57. The molecule has 0 bridgehead atoms. The van der Waals surface area contributed by atoms with Crippen molar-refractivity contribution in [2.45, 2.75) is 12.7 Å². The second-order valence-corrected chi connectivity index (χ2v) is 3.90. The fourth-order valence-electron chi connectivity index (χ4n) is 1.57. The first-order valence-corrected chi connectivity index (χ1v) is 5.60. The molecule has 0 aliphatic rings. The van der Waals surface area contributed by atoms with Gasteiger partial charge in [0.15, 0.2) is 0 Å². The maximum absolute atomic E-state index is 13.4. The Balaban J connectivity index is 2.33. The molecule has 1 heterocycles. The first-order chi connectivity index (χ1) is 9.41. The Morgan fingerprint density at radius 3 is 2.50 bits per heavy atom. The van der Waals surface area contributed by atoms with Crippen LogP contribution < -0.4 is 10.5 Å². The van der Waals surface area contributed by atoms with Gasteiger partial charge in [0.05, 0.1) is 17.5 Å². The molecule has 1 aromatic carbocycles. The standard InChI is InChI=1S/C13H10F4N2O/c14-10-5-8(7-19-11(10)6-18)20-12-4-2-1-3-9(12)13(15,16)17/h1-5,7H,6,18H2. The number of pyridine rings is 1. The quantitative estimate of drug-likeness (QED) is 0.879. The highest BCUT2D eigenvalue weighted by molar-refractivity contribution is 5.39. The maximum atomic E-state index is 13.4. The molecule has 2 rings (SSSR count). The average Bonchev–Trinajstić information content (AvgIpc) is 2.38. The van der Waals surface area contributed by atoms with Crippen molar-refractivity contribution in [3.8, 4) is 11.5 Å². The number of benzene rings is 1. The summed E-state index contributed by atoms with van der Waals surface area (Å²) in [6.45, 7) is -0.106. The van der Waals surface area contributed by atoms with E-state index in [0.29, 0.717) is 0 Å². The van der Waals surface area contributed by atoms with Gasteiger partial charge in [-0.15, -0.1) is 0 Å². The SMILES string of the molecule is NCc1ncc(Oc2ccccc2C(F)(F)F)cc1F. The van der Waals surface area contributed by atoms with Gasteiger partial charge in [0.25, 0.3) is 0 Å². The van der Waals surface area contributed by atoms with E-state index in [1.807, 2.05) is 0 Å². The lowest BCUT2D eigenvalue weighted by molar-refractivity contribution is -0.138. The largest absolute Gasteiger partial charge is 0.455 e. The molecule has 1 aromatic heterocycles. The third-order valence-electron chi connectivity index (χ3n) is 2.51. The maximum Gasteiger partial charge on any atom is 0.419 e. The second-order valence-electron chi connectivity index (χ2n) is 3.90. The van der Waals surface area contributed by atoms with E-state index < -0.39 is 23.3 Å². The van der Waals surface area contributed by atoms with Gasteiger partial charge in [0.1, 0.15) is 17.3 Å². The summed E-state index contributed by atoms with van der Waals surface area (Å²) in [6, 6.07) is 5.61. The van der Waals surface area contributed by atoms with Crippen molar-refractivity contribution in [2.75, 3.05) is 0 Å². The average molecular weight is 286 g/mol. The Kier molecular flexibility index (Phi) is 3.89. The highest BCUT2D eigenvalue weighted by Gasteiger charge is 2.34. The molecule has 0 radical (unpaired) electrons. The molecule has 0 unspecified atom stereocenters. The summed E-state index contributed by atoms with van der Waals surface area (Å²) in [7, 11) is 0. The number of nitrogens with zero attached hydrogens (tertiary/aromatic N) is 1. The first kappa shape index (κ1) is 14.3. The van der Waals surface area contributed by atoms with Crippen molar-refractivity contribution in [1.82, 2.24) is 4.98 Å². The summed E-state index contributed by atoms with van der Waals surface area (Å²) >= 11 is 0. The summed E-state index contributed by atoms with van der Waals surface area (Å²) < 4.78 is 56.8. The van der Waals surface area contributed by atoms with E-state index in [9.17, 15) is 17.6 Å². The van der Waals surface area contributed by atoms with Gasteiger partial charge in [-0.1, -0.05) is 12.1 Å². The molecule has 0 amide bonds. The van der Waals surface area contributed by atoms with Crippen LogP contribution in [0.1, 0.15) is 11.3 Å². The molecule has 7 heteroatoms. The summed E-state index contributed by atoms with van der Waals surface area (Å²) in [5, 5.41) is 0. The minimum Gasteiger partial charge on any atom is -0.455 e. The normalized spacial score (nSPS) is 11.4. The van der Waals surface area contributed by atoms with E-state index in [4.69, 9.17) is 10.5 Å². The van der Waals surface area contributed by atoms with Crippen LogP contribution in [0.5, 0.6) is 11.5 Å². The van der Waals surface area contributed by atoms with Crippen LogP contribution in [0, 0.1) is 5.82 Å². The number of rotatable bonds is 3. The fraction of sp³-hybridized carbons (Fsp3) is 0.154. The van der Waals surface area contributed by atoms with Crippen LogP contribution in [-0.2, 0) is 12.7 Å². The number of halogens is 4. The van der Waals surface area contributed by atoms with Gasteiger partial charge in [-0.2, -0.15) is 13.2 Å². The third kappa shape index (κ3) is 3.05. The molecule has 20 heavy (non-hydrogen) atoms. The smallest absolute Gasteiger partial charge is 0.419 e. The minimum atomic E-state index is -4.56. The molecular formula is C13H10F4N2O. The highest BCUT2D eigenvalue weighted by Crippen LogP contribution is 2.37. The molecule has 2 aromatic rings. The third-order valence-corrected chi connectivity index (χ3v) is 2.51. The predicted octanol–water partition coefficient (Wildman–Crippen LogP) is 3.49. The van der Waals surface area contributed by atoms with Crippen molar-refractivity contribution in [1.29, 1.82) is 0 Å². The lowest BCUT2D eigenvalue weighted by atomic mass is 10.2. The molecule has 0 spiro atoms. The summed E-state index contributed by atoms with van der Waals surface area (Å²) in [5.74, 6) is -1.27. The van der Waals surface area contributed by atoms with E-state index in [-0.39, 0.29) is 18.0 Å². The minimum absolute atomic E-state index is 0.0152. The highest BCUT2D eigenvalue weighted by atomic mass is 19.4. The zero-order chi connectivity index (χ0) is 14.8. The van der Waals surface area contributed by atoms with Crippen molar-refractivity contribution >= 4 is 0 Å². The monoisotopic (exact) mass is 286 g/mol. The van der Waals surface area contributed by atoms with Gasteiger partial charge in [0.2, 0.25) is 0 Å². The zero-order valence-electron chi connectivity index (χ0n) is 10.1. The molecule has 0 aliphatic heterocycles. The number of alkyl halides is 3. The molecule has 106 valence electrons. The Morgan fingerprint density at radius 2 is 1.90 bits per heavy atom. The number of ether oxygens (including phenoxy) is 1. The van der Waals surface area contributed by atoms with E-state index >= 15 is 0 Å². The number of hydrogen-bond donors (Lipinski definition) is 1. The molecule has 3 nitrogen and oxygen atoms in total. The molecule has 2 N–H and O–H groups in total. The Bertz CT molecular complexity index is 614. The van der Waals surface area contributed by atoms with E-state index in [0.717, 1.165) is 24.4 Å². The van der Waals surface area contributed by atoms with Crippen LogP contribution in [-0.4, -0.2) is 4.98 Å². The number of nitrogens with two attached hydrogens (primary N) is 1. The lowest BCUT2D eigenvalue weighted by Gasteiger charge is -2.13. The van der Waals surface area contributed by atoms with Crippen molar-refractivity contribution in [3.63, 3.8) is 0 Å². The second kappa shape index (κ2) is 5.46. The topological polar surface area (TPSA) is 48.1 Å². The van der Waals surface area contributed by atoms with E-state index in [1.165, 1.54) is 12.1 Å². The first-order valence-electron chi connectivity index (χ1n) is 5.60. The van der Waals surface area contributed by atoms with E-state index in [1.54, 1.807) is 0 Å². The zero-order valence-corrected chi connectivity index (χ0v) is 10.1. The summed E-state index contributed by atoms with van der Waals surface area (Å²) in [6.07, 6.45) is -3.43. The van der Waals surface area contributed by atoms with Crippen LogP contribution >= 0.6 is 0 Å². The molecule has 0 saturated carbocycles. The van der Waals surface area contributed by atoms with E-state index in [2.05, 4.69) is 4.98 Å². The van der Waals surface area contributed by atoms with Gasteiger partial charge in [-0.05, 0) is 12.1 Å². The van der Waals surface area contributed by atoms with Crippen LogP contribution in [0.2, 0.25) is 0 Å².